The van der Waals surface area contributed by atoms with Gasteiger partial charge < -0.3 is 9.47 Å². The Labute approximate surface area is 158 Å². The third-order valence-electron chi connectivity index (χ3n) is 3.98. The van der Waals surface area contributed by atoms with Crippen LogP contribution in [0.4, 0.5) is 0 Å². The first-order valence-electron chi connectivity index (χ1n) is 8.57. The lowest BCUT2D eigenvalue weighted by Crippen LogP contribution is -2.11. The van der Waals surface area contributed by atoms with E-state index in [9.17, 15) is 4.79 Å². The van der Waals surface area contributed by atoms with E-state index in [2.05, 4.69) is 41.9 Å². The van der Waals surface area contributed by atoms with Crippen molar-refractivity contribution >= 4 is 21.9 Å². The topological polar surface area (TPSA) is 35.5 Å². The van der Waals surface area contributed by atoms with Crippen molar-refractivity contribution in [3.63, 3.8) is 0 Å². The minimum absolute atomic E-state index is 0.229. The maximum absolute atomic E-state index is 12.0. The molecule has 0 radical (unpaired) electrons. The van der Waals surface area contributed by atoms with Gasteiger partial charge in [0.2, 0.25) is 0 Å². The Morgan fingerprint density at radius 3 is 2.24 bits per heavy atom. The van der Waals surface area contributed by atoms with Crippen molar-refractivity contribution in [2.24, 2.45) is 0 Å². The standard InChI is InChI=1S/C21H25BrO3/c1-14(2)17-7-9-19(10-8-17)24-11-5-6-20(23)25-21-15(3)12-18(22)13-16(21)4/h7-10,12-14H,5-6,11H2,1-4H3. The van der Waals surface area contributed by atoms with E-state index < -0.39 is 0 Å². The van der Waals surface area contributed by atoms with Crippen molar-refractivity contribution in [3.8, 4) is 11.5 Å². The molecule has 2 rings (SSSR count). The summed E-state index contributed by atoms with van der Waals surface area (Å²) < 4.78 is 12.2. The van der Waals surface area contributed by atoms with Gasteiger partial charge in [-0.2, -0.15) is 0 Å². The van der Waals surface area contributed by atoms with Crippen LogP contribution < -0.4 is 9.47 Å². The van der Waals surface area contributed by atoms with E-state index in [1.54, 1.807) is 0 Å². The zero-order valence-corrected chi connectivity index (χ0v) is 16.9. The van der Waals surface area contributed by atoms with Crippen molar-refractivity contribution in [2.75, 3.05) is 6.61 Å². The number of halogens is 1. The minimum atomic E-state index is -0.229. The molecule has 0 saturated heterocycles. The Morgan fingerprint density at radius 1 is 1.08 bits per heavy atom. The average molecular weight is 405 g/mol. The molecule has 0 atom stereocenters. The summed E-state index contributed by atoms with van der Waals surface area (Å²) in [7, 11) is 0. The van der Waals surface area contributed by atoms with E-state index in [0.717, 1.165) is 21.3 Å². The van der Waals surface area contributed by atoms with Crippen LogP contribution in [0.1, 0.15) is 49.3 Å². The smallest absolute Gasteiger partial charge is 0.311 e. The first kappa shape index (κ1) is 19.5. The zero-order chi connectivity index (χ0) is 18.4. The molecule has 0 aliphatic carbocycles. The number of rotatable bonds is 7. The molecule has 0 N–H and O–H groups in total. The Balaban J connectivity index is 1.77. The number of hydrogen-bond acceptors (Lipinski definition) is 3. The first-order chi connectivity index (χ1) is 11.9. The summed E-state index contributed by atoms with van der Waals surface area (Å²) in [5, 5.41) is 0. The van der Waals surface area contributed by atoms with Crippen LogP contribution in [0.2, 0.25) is 0 Å². The summed E-state index contributed by atoms with van der Waals surface area (Å²) in [4.78, 5) is 12.0. The van der Waals surface area contributed by atoms with Crippen molar-refractivity contribution in [2.45, 2.75) is 46.5 Å². The molecular weight excluding hydrogens is 380 g/mol. The summed E-state index contributed by atoms with van der Waals surface area (Å²) in [6.07, 6.45) is 0.957. The lowest BCUT2D eigenvalue weighted by atomic mass is 10.0. The Hall–Kier alpha value is -1.81. The van der Waals surface area contributed by atoms with E-state index in [1.807, 2.05) is 38.1 Å². The van der Waals surface area contributed by atoms with E-state index in [0.29, 0.717) is 31.1 Å². The predicted molar refractivity (Wildman–Crippen MR) is 105 cm³/mol. The summed E-state index contributed by atoms with van der Waals surface area (Å²) in [6, 6.07) is 12.0. The third-order valence-corrected chi connectivity index (χ3v) is 4.44. The van der Waals surface area contributed by atoms with Gasteiger partial charge in [0.25, 0.3) is 0 Å². The minimum Gasteiger partial charge on any atom is -0.494 e. The number of carbonyl (C=O) groups is 1. The Morgan fingerprint density at radius 2 is 1.68 bits per heavy atom. The molecule has 2 aromatic rings. The lowest BCUT2D eigenvalue weighted by molar-refractivity contribution is -0.134. The second-order valence-corrected chi connectivity index (χ2v) is 7.43. The predicted octanol–water partition coefficient (Wildman–Crippen LogP) is 5.95. The molecule has 4 heteroatoms. The highest BCUT2D eigenvalue weighted by molar-refractivity contribution is 9.10. The summed E-state index contributed by atoms with van der Waals surface area (Å²) in [5.74, 6) is 1.76. The lowest BCUT2D eigenvalue weighted by Gasteiger charge is -2.11. The molecule has 0 amide bonds. The SMILES string of the molecule is Cc1cc(Br)cc(C)c1OC(=O)CCCOc1ccc(C(C)C)cc1. The van der Waals surface area contributed by atoms with Gasteiger partial charge in [-0.25, -0.2) is 0 Å². The molecule has 0 aliphatic rings. The van der Waals surface area contributed by atoms with Crippen LogP contribution in [-0.4, -0.2) is 12.6 Å². The van der Waals surface area contributed by atoms with Crippen LogP contribution in [0, 0.1) is 13.8 Å². The fourth-order valence-corrected chi connectivity index (χ4v) is 3.27. The molecule has 25 heavy (non-hydrogen) atoms. The second-order valence-electron chi connectivity index (χ2n) is 6.52. The highest BCUT2D eigenvalue weighted by atomic mass is 79.9. The molecule has 0 aromatic heterocycles. The van der Waals surface area contributed by atoms with Gasteiger partial charge >= 0.3 is 5.97 Å². The van der Waals surface area contributed by atoms with Gasteiger partial charge in [0.15, 0.2) is 0 Å². The molecule has 2 aromatic carbocycles. The number of carbonyl (C=O) groups excluding carboxylic acids is 1. The quantitative estimate of drug-likeness (QED) is 0.324. The van der Waals surface area contributed by atoms with Gasteiger partial charge in [-0.15, -0.1) is 0 Å². The van der Waals surface area contributed by atoms with E-state index in [4.69, 9.17) is 9.47 Å². The summed E-state index contributed by atoms with van der Waals surface area (Å²) in [6.45, 7) is 8.69. The second kappa shape index (κ2) is 9.04. The zero-order valence-electron chi connectivity index (χ0n) is 15.3. The third kappa shape index (κ3) is 5.89. The molecule has 134 valence electrons. The monoisotopic (exact) mass is 404 g/mol. The van der Waals surface area contributed by atoms with Crippen LogP contribution in [0.15, 0.2) is 40.9 Å². The number of ether oxygens (including phenoxy) is 2. The molecule has 0 bridgehead atoms. The van der Waals surface area contributed by atoms with Crippen LogP contribution in [-0.2, 0) is 4.79 Å². The van der Waals surface area contributed by atoms with Gasteiger partial charge in [0.1, 0.15) is 11.5 Å². The highest BCUT2D eigenvalue weighted by Gasteiger charge is 2.11. The van der Waals surface area contributed by atoms with Crippen molar-refractivity contribution in [1.82, 2.24) is 0 Å². The van der Waals surface area contributed by atoms with E-state index >= 15 is 0 Å². The molecule has 0 unspecified atom stereocenters. The van der Waals surface area contributed by atoms with Crippen LogP contribution >= 0.6 is 15.9 Å². The average Bonchev–Trinajstić information content (AvgIpc) is 2.55. The normalized spacial score (nSPS) is 10.8. The fourth-order valence-electron chi connectivity index (χ4n) is 2.58. The number of benzene rings is 2. The van der Waals surface area contributed by atoms with E-state index in [-0.39, 0.29) is 5.97 Å². The van der Waals surface area contributed by atoms with Gasteiger partial charge in [-0.1, -0.05) is 41.9 Å². The summed E-state index contributed by atoms with van der Waals surface area (Å²) >= 11 is 3.44. The van der Waals surface area contributed by atoms with Gasteiger partial charge in [0.05, 0.1) is 6.61 Å². The van der Waals surface area contributed by atoms with Crippen molar-refractivity contribution < 1.29 is 14.3 Å². The van der Waals surface area contributed by atoms with Crippen LogP contribution in [0.5, 0.6) is 11.5 Å². The highest BCUT2D eigenvalue weighted by Crippen LogP contribution is 2.27. The Bertz CT molecular complexity index is 697. The maximum atomic E-state index is 12.0. The molecular formula is C21H25BrO3. The Kier molecular flexibility index (Phi) is 7.06. The van der Waals surface area contributed by atoms with Gasteiger partial charge in [-0.3, -0.25) is 4.79 Å². The number of esters is 1. The maximum Gasteiger partial charge on any atom is 0.311 e. The van der Waals surface area contributed by atoms with Crippen LogP contribution in [0.3, 0.4) is 0 Å². The fraction of sp³-hybridized carbons (Fsp3) is 0.381. The van der Waals surface area contributed by atoms with Gasteiger partial charge in [0, 0.05) is 10.9 Å². The molecule has 3 nitrogen and oxygen atoms in total. The van der Waals surface area contributed by atoms with Gasteiger partial charge in [-0.05, 0) is 67.1 Å². The van der Waals surface area contributed by atoms with E-state index in [1.165, 1.54) is 5.56 Å². The molecule has 0 saturated carbocycles. The van der Waals surface area contributed by atoms with Crippen LogP contribution in [0.25, 0.3) is 0 Å². The number of hydrogen-bond donors (Lipinski definition) is 0. The first-order valence-corrected chi connectivity index (χ1v) is 9.36. The van der Waals surface area contributed by atoms with Crippen molar-refractivity contribution in [3.05, 3.63) is 57.6 Å². The van der Waals surface area contributed by atoms with Crippen molar-refractivity contribution in [1.29, 1.82) is 0 Å². The molecule has 0 heterocycles. The number of aryl methyl sites for hydroxylation is 2. The molecule has 0 aliphatic heterocycles. The largest absolute Gasteiger partial charge is 0.494 e. The molecule has 0 spiro atoms. The summed E-state index contributed by atoms with van der Waals surface area (Å²) in [5.41, 5.74) is 3.18. The molecule has 0 fully saturated rings.